The lowest BCUT2D eigenvalue weighted by Crippen LogP contribution is -2.55. The molecular weight excluding hydrogens is 376 g/mol. The van der Waals surface area contributed by atoms with E-state index in [0.717, 1.165) is 36.3 Å². The quantitative estimate of drug-likeness (QED) is 0.669. The van der Waals surface area contributed by atoms with E-state index < -0.39 is 0 Å². The molecule has 0 amide bonds. The van der Waals surface area contributed by atoms with Crippen molar-refractivity contribution in [2.75, 3.05) is 7.11 Å². The number of carbonyl (C=O) groups is 1. The maximum absolute atomic E-state index is 12.9. The van der Waals surface area contributed by atoms with Crippen LogP contribution in [0.15, 0.2) is 48.2 Å². The van der Waals surface area contributed by atoms with E-state index in [1.54, 1.807) is 7.11 Å². The zero-order valence-corrected chi connectivity index (χ0v) is 17.4. The molecule has 1 fully saturated rings. The van der Waals surface area contributed by atoms with Gasteiger partial charge in [0.2, 0.25) is 0 Å². The van der Waals surface area contributed by atoms with Crippen LogP contribution in [-0.4, -0.2) is 19.2 Å². The molecule has 4 unspecified atom stereocenters. The Kier molecular flexibility index (Phi) is 3.83. The van der Waals surface area contributed by atoms with Gasteiger partial charge in [0.05, 0.1) is 12.7 Å². The summed E-state index contributed by atoms with van der Waals surface area (Å²) in [7, 11) is 1.69. The molecule has 1 saturated carbocycles. The van der Waals surface area contributed by atoms with Crippen molar-refractivity contribution < 1.29 is 19.0 Å². The van der Waals surface area contributed by atoms with Gasteiger partial charge in [0.15, 0.2) is 17.6 Å². The molecule has 0 aromatic heterocycles. The largest absolute Gasteiger partial charge is 0.493 e. The molecule has 0 saturated heterocycles. The Labute approximate surface area is 176 Å². The van der Waals surface area contributed by atoms with Crippen molar-refractivity contribution in [2.45, 2.75) is 50.5 Å². The Morgan fingerprint density at radius 2 is 2.13 bits per heavy atom. The number of carbonyl (C=O) groups excluding carboxylic acids is 1. The summed E-state index contributed by atoms with van der Waals surface area (Å²) in [6.45, 7) is 1.98. The molecule has 2 aromatic rings. The Morgan fingerprint density at radius 1 is 1.23 bits per heavy atom. The van der Waals surface area contributed by atoms with Crippen LogP contribution in [0.2, 0.25) is 0 Å². The van der Waals surface area contributed by atoms with Crippen LogP contribution >= 0.6 is 0 Å². The average Bonchev–Trinajstić information content (AvgIpc) is 3.09. The van der Waals surface area contributed by atoms with Crippen LogP contribution in [0.4, 0.5) is 0 Å². The summed E-state index contributed by atoms with van der Waals surface area (Å²) in [6.07, 6.45) is 7.45. The molecule has 1 aliphatic heterocycles. The van der Waals surface area contributed by atoms with E-state index >= 15 is 0 Å². The number of hydrogen-bond acceptors (Lipinski definition) is 4. The second kappa shape index (κ2) is 6.37. The van der Waals surface area contributed by atoms with E-state index in [9.17, 15) is 4.79 Å². The number of methoxy groups -OCH3 is 1. The molecule has 4 heteroatoms. The predicted octanol–water partition coefficient (Wildman–Crippen LogP) is 5.12. The summed E-state index contributed by atoms with van der Waals surface area (Å²) in [5.41, 5.74) is 4.24. The van der Waals surface area contributed by atoms with E-state index in [2.05, 4.69) is 12.1 Å². The fourth-order valence-electron chi connectivity index (χ4n) is 6.64. The standard InChI is InChI=1S/C26H26O4/c1-15-5-3-6-18(13-15)25(27)29-21-11-9-19-16-7-4-12-26(19)22-17(14-16)8-10-20(28-2)23(22)30-24(21)26/h3,5-6,8,10-11,13,16,19,24H,4,7,9,12,14H2,1-2H3. The fourth-order valence-corrected chi connectivity index (χ4v) is 6.64. The lowest BCUT2D eigenvalue weighted by atomic mass is 9.49. The molecule has 4 nitrogen and oxygen atoms in total. The zero-order chi connectivity index (χ0) is 20.5. The fraction of sp³-hybridized carbons (Fsp3) is 0.423. The second-order valence-corrected chi connectivity index (χ2v) is 9.23. The first-order valence-electron chi connectivity index (χ1n) is 11.0. The lowest BCUT2D eigenvalue weighted by molar-refractivity contribution is -0.00134. The Hall–Kier alpha value is -2.75. The average molecular weight is 402 g/mol. The van der Waals surface area contributed by atoms with Crippen molar-refractivity contribution in [3.63, 3.8) is 0 Å². The molecule has 1 heterocycles. The zero-order valence-electron chi connectivity index (χ0n) is 17.4. The summed E-state index contributed by atoms with van der Waals surface area (Å²) >= 11 is 0. The van der Waals surface area contributed by atoms with E-state index in [0.29, 0.717) is 23.2 Å². The molecule has 1 spiro atoms. The van der Waals surface area contributed by atoms with E-state index in [4.69, 9.17) is 14.2 Å². The van der Waals surface area contributed by atoms with Gasteiger partial charge in [-0.15, -0.1) is 0 Å². The topological polar surface area (TPSA) is 44.8 Å². The molecule has 30 heavy (non-hydrogen) atoms. The number of esters is 1. The highest BCUT2D eigenvalue weighted by atomic mass is 16.6. The van der Waals surface area contributed by atoms with Crippen molar-refractivity contribution in [3.8, 4) is 11.5 Å². The van der Waals surface area contributed by atoms with Gasteiger partial charge >= 0.3 is 5.97 Å². The molecular formula is C26H26O4. The number of ether oxygens (including phenoxy) is 3. The normalized spacial score (nSPS) is 30.1. The smallest absolute Gasteiger partial charge is 0.343 e. The van der Waals surface area contributed by atoms with Gasteiger partial charge in [0.25, 0.3) is 0 Å². The number of aryl methyl sites for hydroxylation is 1. The second-order valence-electron chi connectivity index (χ2n) is 9.23. The number of hydrogen-bond donors (Lipinski definition) is 0. The molecule has 0 N–H and O–H groups in total. The summed E-state index contributed by atoms with van der Waals surface area (Å²) in [6, 6.07) is 11.8. The Morgan fingerprint density at radius 3 is 2.97 bits per heavy atom. The summed E-state index contributed by atoms with van der Waals surface area (Å²) in [4.78, 5) is 12.9. The monoisotopic (exact) mass is 402 g/mol. The highest BCUT2D eigenvalue weighted by Crippen LogP contribution is 2.65. The van der Waals surface area contributed by atoms with Gasteiger partial charge in [-0.25, -0.2) is 4.79 Å². The number of benzene rings is 2. The molecule has 3 aliphatic carbocycles. The first-order chi connectivity index (χ1) is 14.6. The van der Waals surface area contributed by atoms with Crippen molar-refractivity contribution in [1.82, 2.24) is 0 Å². The van der Waals surface area contributed by atoms with Crippen LogP contribution in [0, 0.1) is 18.8 Å². The molecule has 6 rings (SSSR count). The van der Waals surface area contributed by atoms with E-state index in [1.165, 1.54) is 24.0 Å². The van der Waals surface area contributed by atoms with Crippen molar-refractivity contribution in [3.05, 3.63) is 70.5 Å². The Balaban J connectivity index is 1.43. The van der Waals surface area contributed by atoms with Crippen LogP contribution in [0.1, 0.15) is 52.7 Å². The maximum Gasteiger partial charge on any atom is 0.343 e. The molecule has 154 valence electrons. The third kappa shape index (κ3) is 2.31. The van der Waals surface area contributed by atoms with E-state index in [-0.39, 0.29) is 17.5 Å². The Bertz CT molecular complexity index is 1080. The van der Waals surface area contributed by atoms with Gasteiger partial charge in [-0.05, 0) is 74.3 Å². The van der Waals surface area contributed by atoms with Gasteiger partial charge < -0.3 is 14.2 Å². The SMILES string of the molecule is COc1ccc2c3c1OC1C(OC(=O)c4cccc(C)c4)=CCC4C(CCCC314)C2. The first-order valence-corrected chi connectivity index (χ1v) is 11.0. The van der Waals surface area contributed by atoms with Crippen LogP contribution < -0.4 is 9.47 Å². The minimum Gasteiger partial charge on any atom is -0.493 e. The number of rotatable bonds is 3. The van der Waals surface area contributed by atoms with Crippen LogP contribution in [0.5, 0.6) is 11.5 Å². The highest BCUT2D eigenvalue weighted by molar-refractivity contribution is 5.90. The highest BCUT2D eigenvalue weighted by Gasteiger charge is 2.63. The predicted molar refractivity (Wildman–Crippen MR) is 113 cm³/mol. The van der Waals surface area contributed by atoms with Crippen LogP contribution in [-0.2, 0) is 16.6 Å². The van der Waals surface area contributed by atoms with Gasteiger partial charge in [-0.1, -0.05) is 30.2 Å². The summed E-state index contributed by atoms with van der Waals surface area (Å²) in [5, 5.41) is 0. The third-order valence-electron chi connectivity index (χ3n) is 7.77. The van der Waals surface area contributed by atoms with Crippen molar-refractivity contribution >= 4 is 5.97 Å². The first kappa shape index (κ1) is 18.1. The molecule has 0 radical (unpaired) electrons. The summed E-state index contributed by atoms with van der Waals surface area (Å²) < 4.78 is 18.3. The lowest BCUT2D eigenvalue weighted by Gasteiger charge is -2.53. The molecule has 2 bridgehead atoms. The molecule has 4 atom stereocenters. The number of allylic oxidation sites excluding steroid dienone is 1. The van der Waals surface area contributed by atoms with Gasteiger partial charge in [-0.2, -0.15) is 0 Å². The van der Waals surface area contributed by atoms with Crippen LogP contribution in [0.3, 0.4) is 0 Å². The van der Waals surface area contributed by atoms with Gasteiger partial charge in [0.1, 0.15) is 5.76 Å². The maximum atomic E-state index is 12.9. The van der Waals surface area contributed by atoms with Crippen molar-refractivity contribution in [2.24, 2.45) is 11.8 Å². The van der Waals surface area contributed by atoms with Crippen molar-refractivity contribution in [1.29, 1.82) is 0 Å². The molecule has 4 aliphatic rings. The minimum absolute atomic E-state index is 0.0999. The summed E-state index contributed by atoms with van der Waals surface area (Å²) in [5.74, 6) is 3.22. The van der Waals surface area contributed by atoms with Gasteiger partial charge in [0, 0.05) is 11.0 Å². The van der Waals surface area contributed by atoms with Gasteiger partial charge in [-0.3, -0.25) is 0 Å². The minimum atomic E-state index is -0.310. The molecule has 2 aromatic carbocycles. The third-order valence-corrected chi connectivity index (χ3v) is 7.77. The van der Waals surface area contributed by atoms with Crippen LogP contribution in [0.25, 0.3) is 0 Å². The van der Waals surface area contributed by atoms with E-state index in [1.807, 2.05) is 37.3 Å².